The van der Waals surface area contributed by atoms with Gasteiger partial charge in [0, 0.05) is 26.8 Å². The van der Waals surface area contributed by atoms with E-state index in [1.807, 2.05) is 25.1 Å². The van der Waals surface area contributed by atoms with E-state index in [0.29, 0.717) is 16.3 Å². The molecule has 7 nitrogen and oxygen atoms in total. The van der Waals surface area contributed by atoms with E-state index in [1.54, 1.807) is 42.5 Å². The zero-order chi connectivity index (χ0) is 20.7. The van der Waals surface area contributed by atoms with E-state index in [1.165, 1.54) is 11.9 Å². The van der Waals surface area contributed by atoms with Gasteiger partial charge in [-0.05, 0) is 30.3 Å². The van der Waals surface area contributed by atoms with Crippen molar-refractivity contribution in [2.75, 3.05) is 44.5 Å². The Bertz CT molecular complexity index is 870. The molecule has 2 aromatic carbocycles. The molecule has 2 aromatic rings. The van der Waals surface area contributed by atoms with Gasteiger partial charge in [0.15, 0.2) is 6.61 Å². The third-order valence-corrected chi connectivity index (χ3v) is 4.21. The number of hydrogen-bond acceptors (Lipinski definition) is 5. The highest BCUT2D eigenvalue weighted by Crippen LogP contribution is 2.20. The number of anilines is 2. The molecule has 0 saturated carbocycles. The zero-order valence-electron chi connectivity index (χ0n) is 15.9. The molecule has 0 aliphatic rings. The molecular formula is C20H22ClN3O4. The van der Waals surface area contributed by atoms with Crippen LogP contribution in [0.25, 0.3) is 0 Å². The van der Waals surface area contributed by atoms with Gasteiger partial charge in [0.05, 0.1) is 22.8 Å². The third kappa shape index (κ3) is 5.99. The standard InChI is InChI=1S/C20H22ClN3O4/c1-23(2)15-8-6-7-14(11-15)20(27)28-13-19(26)24(3)12-18(25)22-17-10-5-4-9-16(17)21/h4-11H,12-13H2,1-3H3,(H,22,25). The second kappa shape index (κ2) is 9.75. The van der Waals surface area contributed by atoms with Crippen molar-refractivity contribution < 1.29 is 19.1 Å². The fourth-order valence-electron chi connectivity index (χ4n) is 2.29. The molecule has 148 valence electrons. The topological polar surface area (TPSA) is 79.0 Å². The molecule has 0 aromatic heterocycles. The van der Waals surface area contributed by atoms with Gasteiger partial charge in [-0.3, -0.25) is 9.59 Å². The summed E-state index contributed by atoms with van der Waals surface area (Å²) < 4.78 is 5.06. The number of para-hydroxylation sites is 1. The smallest absolute Gasteiger partial charge is 0.338 e. The second-order valence-corrected chi connectivity index (χ2v) is 6.71. The van der Waals surface area contributed by atoms with Crippen LogP contribution >= 0.6 is 11.6 Å². The largest absolute Gasteiger partial charge is 0.452 e. The van der Waals surface area contributed by atoms with Crippen LogP contribution in [-0.2, 0) is 14.3 Å². The molecule has 0 unspecified atom stereocenters. The van der Waals surface area contributed by atoms with Crippen LogP contribution in [0.5, 0.6) is 0 Å². The maximum atomic E-state index is 12.1. The van der Waals surface area contributed by atoms with Gasteiger partial charge in [0.1, 0.15) is 0 Å². The summed E-state index contributed by atoms with van der Waals surface area (Å²) >= 11 is 5.99. The van der Waals surface area contributed by atoms with Gasteiger partial charge in [-0.25, -0.2) is 4.79 Å². The molecule has 0 radical (unpaired) electrons. The van der Waals surface area contributed by atoms with E-state index in [4.69, 9.17) is 16.3 Å². The molecule has 28 heavy (non-hydrogen) atoms. The summed E-state index contributed by atoms with van der Waals surface area (Å²) in [6, 6.07) is 13.7. The van der Waals surface area contributed by atoms with E-state index in [9.17, 15) is 14.4 Å². The molecule has 2 amide bonds. The Labute approximate surface area is 168 Å². The molecule has 0 bridgehead atoms. The number of likely N-dealkylation sites (N-methyl/N-ethyl adjacent to an activating group) is 1. The monoisotopic (exact) mass is 403 g/mol. The number of hydrogen-bond donors (Lipinski definition) is 1. The molecule has 1 N–H and O–H groups in total. The Morgan fingerprint density at radius 2 is 1.75 bits per heavy atom. The summed E-state index contributed by atoms with van der Waals surface area (Å²) in [5.74, 6) is -1.51. The third-order valence-electron chi connectivity index (χ3n) is 3.88. The average Bonchev–Trinajstić information content (AvgIpc) is 2.67. The van der Waals surface area contributed by atoms with Crippen LogP contribution in [0.15, 0.2) is 48.5 Å². The minimum absolute atomic E-state index is 0.197. The number of halogens is 1. The molecular weight excluding hydrogens is 382 g/mol. The van der Waals surface area contributed by atoms with Crippen molar-refractivity contribution in [3.8, 4) is 0 Å². The zero-order valence-corrected chi connectivity index (χ0v) is 16.7. The van der Waals surface area contributed by atoms with Gasteiger partial charge in [0.2, 0.25) is 5.91 Å². The van der Waals surface area contributed by atoms with E-state index < -0.39 is 24.4 Å². The number of carbonyl (C=O) groups is 3. The van der Waals surface area contributed by atoms with Crippen molar-refractivity contribution in [1.82, 2.24) is 4.90 Å². The van der Waals surface area contributed by atoms with Crippen LogP contribution in [0, 0.1) is 0 Å². The lowest BCUT2D eigenvalue weighted by Gasteiger charge is -2.17. The second-order valence-electron chi connectivity index (χ2n) is 6.30. The number of esters is 1. The van der Waals surface area contributed by atoms with Crippen LogP contribution in [0.2, 0.25) is 5.02 Å². The highest BCUT2D eigenvalue weighted by molar-refractivity contribution is 6.33. The maximum absolute atomic E-state index is 12.1. The van der Waals surface area contributed by atoms with E-state index >= 15 is 0 Å². The first kappa shape index (κ1) is 21.2. The van der Waals surface area contributed by atoms with Gasteiger partial charge in [-0.1, -0.05) is 29.8 Å². The number of nitrogens with one attached hydrogen (secondary N) is 1. The first-order valence-corrected chi connectivity index (χ1v) is 8.88. The Balaban J connectivity index is 1.85. The molecule has 0 fully saturated rings. The normalized spacial score (nSPS) is 10.1. The predicted octanol–water partition coefficient (Wildman–Crippen LogP) is 2.66. The van der Waals surface area contributed by atoms with Crippen molar-refractivity contribution in [2.24, 2.45) is 0 Å². The van der Waals surface area contributed by atoms with Crippen LogP contribution in [0.3, 0.4) is 0 Å². The van der Waals surface area contributed by atoms with Crippen LogP contribution < -0.4 is 10.2 Å². The molecule has 0 spiro atoms. The maximum Gasteiger partial charge on any atom is 0.338 e. The van der Waals surface area contributed by atoms with Crippen molar-refractivity contribution in [1.29, 1.82) is 0 Å². The average molecular weight is 404 g/mol. The summed E-state index contributed by atoms with van der Waals surface area (Å²) in [7, 11) is 5.17. The number of ether oxygens (including phenoxy) is 1. The molecule has 2 rings (SSSR count). The summed E-state index contributed by atoms with van der Waals surface area (Å²) in [5, 5.41) is 3.03. The fourth-order valence-corrected chi connectivity index (χ4v) is 2.47. The molecule has 0 aliphatic heterocycles. The van der Waals surface area contributed by atoms with Gasteiger partial charge in [0.25, 0.3) is 5.91 Å². The summed E-state index contributed by atoms with van der Waals surface area (Å²) in [4.78, 5) is 39.4. The first-order valence-electron chi connectivity index (χ1n) is 8.51. The van der Waals surface area contributed by atoms with Crippen molar-refractivity contribution in [3.63, 3.8) is 0 Å². The quantitative estimate of drug-likeness (QED) is 0.719. The lowest BCUT2D eigenvalue weighted by Crippen LogP contribution is -2.37. The minimum Gasteiger partial charge on any atom is -0.452 e. The van der Waals surface area contributed by atoms with Gasteiger partial charge < -0.3 is 19.9 Å². The van der Waals surface area contributed by atoms with E-state index in [-0.39, 0.29) is 6.54 Å². The van der Waals surface area contributed by atoms with Crippen LogP contribution in [-0.4, -0.2) is 57.0 Å². The number of rotatable bonds is 7. The van der Waals surface area contributed by atoms with E-state index in [2.05, 4.69) is 5.32 Å². The summed E-state index contributed by atoms with van der Waals surface area (Å²) in [5.41, 5.74) is 1.65. The van der Waals surface area contributed by atoms with Gasteiger partial charge in [-0.2, -0.15) is 0 Å². The predicted molar refractivity (Wildman–Crippen MR) is 109 cm³/mol. The molecule has 0 aliphatic carbocycles. The van der Waals surface area contributed by atoms with Crippen molar-refractivity contribution >= 4 is 40.8 Å². The summed E-state index contributed by atoms with van der Waals surface area (Å²) in [6.45, 7) is -0.654. The molecule has 0 heterocycles. The highest BCUT2D eigenvalue weighted by atomic mass is 35.5. The number of nitrogens with zero attached hydrogens (tertiary/aromatic N) is 2. The van der Waals surface area contributed by atoms with Crippen LogP contribution in [0.4, 0.5) is 11.4 Å². The Morgan fingerprint density at radius 1 is 1.04 bits per heavy atom. The number of carbonyl (C=O) groups excluding carboxylic acids is 3. The first-order chi connectivity index (χ1) is 13.3. The van der Waals surface area contributed by atoms with Crippen molar-refractivity contribution in [3.05, 3.63) is 59.1 Å². The lowest BCUT2D eigenvalue weighted by molar-refractivity contribution is -0.136. The van der Waals surface area contributed by atoms with Gasteiger partial charge in [-0.15, -0.1) is 0 Å². The minimum atomic E-state index is -0.606. The fraction of sp³-hybridized carbons (Fsp3) is 0.250. The Hall–Kier alpha value is -3.06. The summed E-state index contributed by atoms with van der Waals surface area (Å²) in [6.07, 6.45) is 0. The molecule has 0 atom stereocenters. The lowest BCUT2D eigenvalue weighted by atomic mass is 10.2. The Kier molecular flexibility index (Phi) is 7.40. The highest BCUT2D eigenvalue weighted by Gasteiger charge is 2.17. The molecule has 8 heteroatoms. The molecule has 0 saturated heterocycles. The van der Waals surface area contributed by atoms with Crippen molar-refractivity contribution in [2.45, 2.75) is 0 Å². The number of benzene rings is 2. The van der Waals surface area contributed by atoms with Gasteiger partial charge >= 0.3 is 5.97 Å². The Morgan fingerprint density at radius 3 is 2.43 bits per heavy atom. The SMILES string of the molecule is CN(CC(=O)Nc1ccccc1Cl)C(=O)COC(=O)c1cccc(N(C)C)c1. The number of amides is 2. The van der Waals surface area contributed by atoms with Crippen LogP contribution in [0.1, 0.15) is 10.4 Å². The van der Waals surface area contributed by atoms with E-state index in [0.717, 1.165) is 5.69 Å².